The van der Waals surface area contributed by atoms with Gasteiger partial charge in [-0.05, 0) is 61.4 Å². The molecule has 98 valence electrons. The van der Waals surface area contributed by atoms with Crippen LogP contribution in [0.4, 0.5) is 17.1 Å². The molecule has 4 nitrogen and oxygen atoms in total. The van der Waals surface area contributed by atoms with Gasteiger partial charge in [-0.25, -0.2) is 0 Å². The van der Waals surface area contributed by atoms with Crippen molar-refractivity contribution in [3.8, 4) is 0 Å². The van der Waals surface area contributed by atoms with Gasteiger partial charge in [0.05, 0.1) is 0 Å². The minimum atomic E-state index is -0.148. The molecule has 0 aliphatic heterocycles. The molecule has 0 aliphatic carbocycles. The van der Waals surface area contributed by atoms with Gasteiger partial charge in [0.2, 0.25) is 0 Å². The van der Waals surface area contributed by atoms with Crippen molar-refractivity contribution < 1.29 is 4.79 Å². The number of carbonyl (C=O) groups excluding carboxylic acids is 1. The fourth-order valence-corrected chi connectivity index (χ4v) is 1.85. The minimum absolute atomic E-state index is 0.148. The molecule has 0 aliphatic rings. The summed E-state index contributed by atoms with van der Waals surface area (Å²) in [5.41, 5.74) is 15.9. The van der Waals surface area contributed by atoms with E-state index in [-0.39, 0.29) is 5.91 Å². The van der Waals surface area contributed by atoms with E-state index in [1.165, 1.54) is 0 Å². The van der Waals surface area contributed by atoms with Crippen molar-refractivity contribution in [3.63, 3.8) is 0 Å². The van der Waals surface area contributed by atoms with E-state index in [9.17, 15) is 4.79 Å². The van der Waals surface area contributed by atoms with E-state index >= 15 is 0 Å². The fraction of sp³-hybridized carbons (Fsp3) is 0.133. The maximum atomic E-state index is 12.2. The molecule has 0 atom stereocenters. The molecule has 19 heavy (non-hydrogen) atoms. The van der Waals surface area contributed by atoms with Crippen LogP contribution in [0.25, 0.3) is 0 Å². The molecule has 0 bridgehead atoms. The molecule has 2 rings (SSSR count). The van der Waals surface area contributed by atoms with Gasteiger partial charge in [-0.15, -0.1) is 0 Å². The summed E-state index contributed by atoms with van der Waals surface area (Å²) in [6, 6.07) is 10.7. The van der Waals surface area contributed by atoms with Crippen molar-refractivity contribution in [2.45, 2.75) is 13.8 Å². The Morgan fingerprint density at radius 1 is 1.00 bits per heavy atom. The predicted octanol–water partition coefficient (Wildman–Crippen LogP) is 2.72. The summed E-state index contributed by atoms with van der Waals surface area (Å²) >= 11 is 0. The minimum Gasteiger partial charge on any atom is -0.399 e. The maximum Gasteiger partial charge on any atom is 0.255 e. The highest BCUT2D eigenvalue weighted by atomic mass is 16.1. The van der Waals surface area contributed by atoms with Crippen LogP contribution in [0.15, 0.2) is 36.4 Å². The van der Waals surface area contributed by atoms with Crippen molar-refractivity contribution in [2.24, 2.45) is 0 Å². The zero-order valence-corrected chi connectivity index (χ0v) is 11.0. The van der Waals surface area contributed by atoms with Crippen molar-refractivity contribution in [1.29, 1.82) is 0 Å². The lowest BCUT2D eigenvalue weighted by molar-refractivity contribution is 0.102. The molecule has 0 saturated heterocycles. The lowest BCUT2D eigenvalue weighted by Gasteiger charge is -2.10. The Balaban J connectivity index is 2.25. The molecule has 4 heteroatoms. The van der Waals surface area contributed by atoms with Crippen molar-refractivity contribution in [3.05, 3.63) is 53.1 Å². The topological polar surface area (TPSA) is 81.1 Å². The molecule has 1 amide bonds. The first-order chi connectivity index (χ1) is 8.97. The number of nitrogens with two attached hydrogens (primary N) is 2. The number of hydrogen-bond acceptors (Lipinski definition) is 3. The van der Waals surface area contributed by atoms with Gasteiger partial charge < -0.3 is 16.8 Å². The Morgan fingerprint density at radius 3 is 2.26 bits per heavy atom. The van der Waals surface area contributed by atoms with Crippen LogP contribution in [0.3, 0.4) is 0 Å². The van der Waals surface area contributed by atoms with Gasteiger partial charge in [0, 0.05) is 22.6 Å². The lowest BCUT2D eigenvalue weighted by Crippen LogP contribution is -2.14. The quantitative estimate of drug-likeness (QED) is 0.722. The number of benzene rings is 2. The summed E-state index contributed by atoms with van der Waals surface area (Å²) in [6.45, 7) is 3.75. The van der Waals surface area contributed by atoms with Crippen molar-refractivity contribution in [1.82, 2.24) is 0 Å². The summed E-state index contributed by atoms with van der Waals surface area (Å²) < 4.78 is 0. The van der Waals surface area contributed by atoms with Crippen molar-refractivity contribution >= 4 is 23.0 Å². The molecule has 0 unspecified atom stereocenters. The number of nitrogens with one attached hydrogen (secondary N) is 1. The number of nitrogen functional groups attached to an aromatic ring is 2. The largest absolute Gasteiger partial charge is 0.399 e. The summed E-state index contributed by atoms with van der Waals surface area (Å²) in [6.07, 6.45) is 0. The molecule has 0 saturated carbocycles. The summed E-state index contributed by atoms with van der Waals surface area (Å²) in [4.78, 5) is 12.2. The number of rotatable bonds is 2. The zero-order chi connectivity index (χ0) is 14.0. The first kappa shape index (κ1) is 13.0. The third-order valence-electron chi connectivity index (χ3n) is 3.03. The zero-order valence-electron chi connectivity index (χ0n) is 11.0. The molecule has 0 radical (unpaired) electrons. The predicted molar refractivity (Wildman–Crippen MR) is 79.1 cm³/mol. The van der Waals surface area contributed by atoms with Gasteiger partial charge in [-0.1, -0.05) is 0 Å². The van der Waals surface area contributed by atoms with E-state index < -0.39 is 0 Å². The molecule has 0 spiro atoms. The van der Waals surface area contributed by atoms with Crippen LogP contribution >= 0.6 is 0 Å². The second kappa shape index (κ2) is 5.02. The molecular formula is C15H17N3O. The number of hydrogen-bond donors (Lipinski definition) is 3. The maximum absolute atomic E-state index is 12.2. The Hall–Kier alpha value is -2.49. The average molecular weight is 255 g/mol. The number of carbonyl (C=O) groups is 1. The van der Waals surface area contributed by atoms with Crippen LogP contribution in [0, 0.1) is 13.8 Å². The summed E-state index contributed by atoms with van der Waals surface area (Å²) in [5.74, 6) is -0.148. The Labute approximate surface area is 112 Å². The van der Waals surface area contributed by atoms with Gasteiger partial charge in [0.1, 0.15) is 0 Å². The van der Waals surface area contributed by atoms with E-state index in [1.54, 1.807) is 30.3 Å². The summed E-state index contributed by atoms with van der Waals surface area (Å²) in [7, 11) is 0. The Kier molecular flexibility index (Phi) is 3.42. The van der Waals surface area contributed by atoms with E-state index in [2.05, 4.69) is 5.32 Å². The average Bonchev–Trinajstić information content (AvgIpc) is 2.36. The number of amides is 1. The molecule has 0 fully saturated rings. The molecular weight excluding hydrogens is 238 g/mol. The van der Waals surface area contributed by atoms with Crippen LogP contribution in [0.1, 0.15) is 21.5 Å². The van der Waals surface area contributed by atoms with Gasteiger partial charge in [0.15, 0.2) is 0 Å². The van der Waals surface area contributed by atoms with Gasteiger partial charge in [-0.3, -0.25) is 4.79 Å². The van der Waals surface area contributed by atoms with E-state index in [0.717, 1.165) is 11.1 Å². The normalized spacial score (nSPS) is 10.2. The van der Waals surface area contributed by atoms with Gasteiger partial charge in [-0.2, -0.15) is 0 Å². The van der Waals surface area contributed by atoms with Crippen LogP contribution in [-0.2, 0) is 0 Å². The first-order valence-corrected chi connectivity index (χ1v) is 6.01. The van der Waals surface area contributed by atoms with Crippen LogP contribution < -0.4 is 16.8 Å². The lowest BCUT2D eigenvalue weighted by atomic mass is 10.0. The number of aryl methyl sites for hydroxylation is 2. The monoisotopic (exact) mass is 255 g/mol. The fourth-order valence-electron chi connectivity index (χ4n) is 1.85. The third kappa shape index (κ3) is 2.85. The van der Waals surface area contributed by atoms with E-state index in [1.807, 2.05) is 19.9 Å². The van der Waals surface area contributed by atoms with E-state index in [0.29, 0.717) is 22.6 Å². The highest BCUT2D eigenvalue weighted by molar-refractivity contribution is 6.05. The van der Waals surface area contributed by atoms with Gasteiger partial charge in [0.25, 0.3) is 5.91 Å². The van der Waals surface area contributed by atoms with Crippen LogP contribution in [0.2, 0.25) is 0 Å². The Morgan fingerprint density at radius 2 is 1.63 bits per heavy atom. The molecule has 2 aromatic carbocycles. The summed E-state index contributed by atoms with van der Waals surface area (Å²) in [5, 5.41) is 2.84. The second-order valence-corrected chi connectivity index (χ2v) is 4.60. The third-order valence-corrected chi connectivity index (χ3v) is 3.03. The standard InChI is InChI=1S/C15H17N3O/c1-9-8-14(17)10(2)7-13(9)15(19)18-12-5-3-11(16)4-6-12/h3-8H,16-17H2,1-2H3,(H,18,19). The molecule has 2 aromatic rings. The highest BCUT2D eigenvalue weighted by Gasteiger charge is 2.11. The van der Waals surface area contributed by atoms with Crippen LogP contribution in [-0.4, -0.2) is 5.91 Å². The Bertz CT molecular complexity index is 618. The second-order valence-electron chi connectivity index (χ2n) is 4.60. The molecule has 0 aromatic heterocycles. The van der Waals surface area contributed by atoms with E-state index in [4.69, 9.17) is 11.5 Å². The molecule has 5 N–H and O–H groups in total. The first-order valence-electron chi connectivity index (χ1n) is 6.01. The van der Waals surface area contributed by atoms with Crippen LogP contribution in [0.5, 0.6) is 0 Å². The van der Waals surface area contributed by atoms with Crippen molar-refractivity contribution in [2.75, 3.05) is 16.8 Å². The molecule has 0 heterocycles. The highest BCUT2D eigenvalue weighted by Crippen LogP contribution is 2.19. The smallest absolute Gasteiger partial charge is 0.255 e. The van der Waals surface area contributed by atoms with Gasteiger partial charge >= 0.3 is 0 Å². The SMILES string of the molecule is Cc1cc(C(=O)Nc2ccc(N)cc2)c(C)cc1N. The number of anilines is 3.